The minimum Gasteiger partial charge on any atom is -0.394 e. The highest BCUT2D eigenvalue weighted by molar-refractivity contribution is 5.90. The van der Waals surface area contributed by atoms with Crippen molar-refractivity contribution in [3.8, 4) is 0 Å². The average molecular weight is 313 g/mol. The quantitative estimate of drug-likeness (QED) is 0.800. The van der Waals surface area contributed by atoms with Gasteiger partial charge in [-0.05, 0) is 38.8 Å². The number of aliphatic hydroxyl groups is 1. The van der Waals surface area contributed by atoms with Crippen molar-refractivity contribution in [1.82, 2.24) is 5.32 Å². The Hall–Kier alpha value is -1.89. The van der Waals surface area contributed by atoms with E-state index in [0.717, 1.165) is 25.0 Å². The van der Waals surface area contributed by atoms with Crippen LogP contribution in [0.5, 0.6) is 0 Å². The van der Waals surface area contributed by atoms with Gasteiger partial charge in [0.15, 0.2) is 11.6 Å². The van der Waals surface area contributed by atoms with Crippen LogP contribution in [0, 0.1) is 11.6 Å². The second kappa shape index (κ2) is 6.48. The molecule has 0 aromatic heterocycles. The molecule has 7 heteroatoms. The van der Waals surface area contributed by atoms with E-state index < -0.39 is 23.2 Å². The predicted molar refractivity (Wildman–Crippen MR) is 81.1 cm³/mol. The van der Waals surface area contributed by atoms with Gasteiger partial charge >= 0.3 is 6.03 Å². The Morgan fingerprint density at radius 3 is 2.32 bits per heavy atom. The molecule has 1 aliphatic heterocycles. The summed E-state index contributed by atoms with van der Waals surface area (Å²) in [4.78, 5) is 13.4. The molecule has 0 atom stereocenters. The van der Waals surface area contributed by atoms with Crippen LogP contribution >= 0.6 is 0 Å². The highest BCUT2D eigenvalue weighted by Crippen LogP contribution is 2.29. The van der Waals surface area contributed by atoms with E-state index in [9.17, 15) is 13.6 Å². The lowest BCUT2D eigenvalue weighted by atomic mass is 10.1. The number of urea groups is 1. The number of hydrogen-bond acceptors (Lipinski definition) is 3. The first-order chi connectivity index (χ1) is 10.3. The molecular weight excluding hydrogens is 292 g/mol. The van der Waals surface area contributed by atoms with E-state index in [1.807, 2.05) is 0 Å². The molecule has 0 bridgehead atoms. The lowest BCUT2D eigenvalue weighted by Crippen LogP contribution is -2.48. The van der Waals surface area contributed by atoms with Crippen LogP contribution in [0.1, 0.15) is 26.7 Å². The van der Waals surface area contributed by atoms with E-state index in [4.69, 9.17) is 5.11 Å². The van der Waals surface area contributed by atoms with Gasteiger partial charge in [0, 0.05) is 18.8 Å². The van der Waals surface area contributed by atoms with E-state index in [0.29, 0.717) is 13.1 Å². The number of amides is 2. The second-order valence-corrected chi connectivity index (χ2v) is 6.10. The minimum atomic E-state index is -0.823. The van der Waals surface area contributed by atoms with Crippen molar-refractivity contribution < 1.29 is 18.7 Å². The van der Waals surface area contributed by atoms with Gasteiger partial charge in [0.05, 0.1) is 12.1 Å². The molecule has 1 heterocycles. The smallest absolute Gasteiger partial charge is 0.319 e. The Morgan fingerprint density at radius 1 is 1.27 bits per heavy atom. The normalized spacial score (nSPS) is 15.0. The van der Waals surface area contributed by atoms with Gasteiger partial charge in [-0.1, -0.05) is 0 Å². The maximum atomic E-state index is 14.1. The van der Waals surface area contributed by atoms with Gasteiger partial charge in [0.1, 0.15) is 5.69 Å². The van der Waals surface area contributed by atoms with Crippen molar-refractivity contribution in [2.75, 3.05) is 29.9 Å². The number of nitrogens with one attached hydrogen (secondary N) is 2. The van der Waals surface area contributed by atoms with Gasteiger partial charge in [-0.15, -0.1) is 0 Å². The van der Waals surface area contributed by atoms with Gasteiger partial charge in [0.2, 0.25) is 0 Å². The molecule has 2 amide bonds. The summed E-state index contributed by atoms with van der Waals surface area (Å²) < 4.78 is 28.2. The molecule has 1 fully saturated rings. The summed E-state index contributed by atoms with van der Waals surface area (Å²) in [7, 11) is 0. The Bertz CT molecular complexity index is 535. The molecule has 0 unspecified atom stereocenters. The fourth-order valence-corrected chi connectivity index (χ4v) is 2.39. The number of anilines is 2. The van der Waals surface area contributed by atoms with Crippen molar-refractivity contribution in [3.63, 3.8) is 0 Å². The molecule has 0 saturated carbocycles. The van der Waals surface area contributed by atoms with Crippen LogP contribution in [0.15, 0.2) is 12.1 Å². The fourth-order valence-electron chi connectivity index (χ4n) is 2.39. The van der Waals surface area contributed by atoms with Crippen LogP contribution in [0.4, 0.5) is 25.0 Å². The fraction of sp³-hybridized carbons (Fsp3) is 0.533. The van der Waals surface area contributed by atoms with Crippen LogP contribution in [0.2, 0.25) is 0 Å². The summed E-state index contributed by atoms with van der Waals surface area (Å²) >= 11 is 0. The highest BCUT2D eigenvalue weighted by Gasteiger charge is 2.22. The number of nitrogens with zero attached hydrogens (tertiary/aromatic N) is 1. The molecule has 3 N–H and O–H groups in total. The average Bonchev–Trinajstić information content (AvgIpc) is 2.90. The third kappa shape index (κ3) is 3.85. The molecule has 1 saturated heterocycles. The summed E-state index contributed by atoms with van der Waals surface area (Å²) in [6, 6.07) is 1.57. The number of carbonyl (C=O) groups excluding carboxylic acids is 1. The van der Waals surface area contributed by atoms with Crippen molar-refractivity contribution in [1.29, 1.82) is 0 Å². The Morgan fingerprint density at radius 2 is 1.82 bits per heavy atom. The molecule has 0 aliphatic carbocycles. The predicted octanol–water partition coefficient (Wildman–Crippen LogP) is 2.46. The molecule has 22 heavy (non-hydrogen) atoms. The van der Waals surface area contributed by atoms with E-state index in [1.54, 1.807) is 18.7 Å². The molecular formula is C15H21F2N3O2. The zero-order valence-corrected chi connectivity index (χ0v) is 12.7. The van der Waals surface area contributed by atoms with E-state index in [-0.39, 0.29) is 18.0 Å². The molecule has 1 aliphatic rings. The van der Waals surface area contributed by atoms with Gasteiger partial charge in [-0.3, -0.25) is 0 Å². The summed E-state index contributed by atoms with van der Waals surface area (Å²) in [5, 5.41) is 14.0. The van der Waals surface area contributed by atoms with E-state index in [1.165, 1.54) is 0 Å². The van der Waals surface area contributed by atoms with E-state index in [2.05, 4.69) is 10.6 Å². The first-order valence-corrected chi connectivity index (χ1v) is 7.26. The molecule has 1 aromatic rings. The maximum Gasteiger partial charge on any atom is 0.319 e. The van der Waals surface area contributed by atoms with Crippen molar-refractivity contribution in [2.45, 2.75) is 32.2 Å². The van der Waals surface area contributed by atoms with Crippen LogP contribution in [0.25, 0.3) is 0 Å². The Labute approximate surface area is 128 Å². The number of benzene rings is 1. The van der Waals surface area contributed by atoms with E-state index >= 15 is 0 Å². The molecule has 1 aromatic carbocycles. The number of carbonyl (C=O) groups is 1. The van der Waals surface area contributed by atoms with Gasteiger partial charge in [-0.2, -0.15) is 0 Å². The largest absolute Gasteiger partial charge is 0.394 e. The summed E-state index contributed by atoms with van der Waals surface area (Å²) in [6.45, 7) is 4.27. The number of halogens is 2. The van der Waals surface area contributed by atoms with Crippen molar-refractivity contribution in [2.24, 2.45) is 0 Å². The van der Waals surface area contributed by atoms with Gasteiger partial charge in [-0.25, -0.2) is 13.6 Å². The number of rotatable bonds is 4. The first kappa shape index (κ1) is 16.5. The molecule has 122 valence electrons. The summed E-state index contributed by atoms with van der Waals surface area (Å²) in [5.41, 5.74) is -0.834. The van der Waals surface area contributed by atoms with Crippen LogP contribution in [-0.2, 0) is 0 Å². The molecule has 2 rings (SSSR count). The van der Waals surface area contributed by atoms with Crippen molar-refractivity contribution >= 4 is 17.4 Å². The topological polar surface area (TPSA) is 64.6 Å². The molecule has 0 spiro atoms. The Kier molecular flexibility index (Phi) is 4.85. The number of aliphatic hydroxyl groups excluding tert-OH is 1. The highest BCUT2D eigenvalue weighted by atomic mass is 19.1. The minimum absolute atomic E-state index is 0.0317. The third-order valence-corrected chi connectivity index (χ3v) is 3.54. The monoisotopic (exact) mass is 313 g/mol. The lowest BCUT2D eigenvalue weighted by Gasteiger charge is -2.24. The second-order valence-electron chi connectivity index (χ2n) is 6.10. The van der Waals surface area contributed by atoms with Crippen LogP contribution in [0.3, 0.4) is 0 Å². The lowest BCUT2D eigenvalue weighted by molar-refractivity contribution is 0.187. The van der Waals surface area contributed by atoms with Gasteiger partial charge < -0.3 is 20.6 Å². The molecule has 0 radical (unpaired) electrons. The maximum absolute atomic E-state index is 14.1. The summed E-state index contributed by atoms with van der Waals surface area (Å²) in [6.07, 6.45) is 1.83. The van der Waals surface area contributed by atoms with Crippen LogP contribution in [-0.4, -0.2) is 36.4 Å². The zero-order chi connectivity index (χ0) is 16.3. The summed E-state index contributed by atoms with van der Waals surface area (Å²) in [5.74, 6) is -1.39. The zero-order valence-electron chi connectivity index (χ0n) is 12.7. The van der Waals surface area contributed by atoms with Crippen molar-refractivity contribution in [3.05, 3.63) is 23.8 Å². The SMILES string of the molecule is CC(C)(CO)NC(=O)Nc1cc(F)c(N2CCCC2)c(F)c1. The van der Waals surface area contributed by atoms with Crippen LogP contribution < -0.4 is 15.5 Å². The third-order valence-electron chi connectivity index (χ3n) is 3.54. The Balaban J connectivity index is 2.11. The van der Waals surface area contributed by atoms with Gasteiger partial charge in [0.25, 0.3) is 0 Å². The first-order valence-electron chi connectivity index (χ1n) is 7.26. The standard InChI is InChI=1S/C15H21F2N3O2/c1-15(2,9-21)19-14(22)18-10-7-11(16)13(12(17)8-10)20-5-3-4-6-20/h7-8,21H,3-6,9H2,1-2H3,(H2,18,19,22). The molecule has 5 nitrogen and oxygen atoms in total. The number of hydrogen-bond donors (Lipinski definition) is 3.